The minimum Gasteiger partial charge on any atom is -0.313 e. The predicted molar refractivity (Wildman–Crippen MR) is 85.3 cm³/mol. The molecule has 1 aromatic heterocycles. The second kappa shape index (κ2) is 8.67. The van der Waals surface area contributed by atoms with Gasteiger partial charge in [-0.05, 0) is 32.2 Å². The molecule has 5 heteroatoms. The van der Waals surface area contributed by atoms with Crippen molar-refractivity contribution in [3.63, 3.8) is 0 Å². The first-order valence-corrected chi connectivity index (χ1v) is 9.12. The molecule has 20 heavy (non-hydrogen) atoms. The largest absolute Gasteiger partial charge is 0.313 e. The number of hydrogen-bond acceptors (Lipinski definition) is 4. The van der Waals surface area contributed by atoms with E-state index in [1.54, 1.807) is 0 Å². The zero-order chi connectivity index (χ0) is 14.2. The van der Waals surface area contributed by atoms with Gasteiger partial charge in [0.2, 0.25) is 0 Å². The Morgan fingerprint density at radius 1 is 1.20 bits per heavy atom. The highest BCUT2D eigenvalue weighted by Crippen LogP contribution is 2.22. The summed E-state index contributed by atoms with van der Waals surface area (Å²) < 4.78 is 2.35. The van der Waals surface area contributed by atoms with Crippen LogP contribution in [0.5, 0.6) is 0 Å². The van der Waals surface area contributed by atoms with Gasteiger partial charge in [0.05, 0.1) is 0 Å². The zero-order valence-electron chi connectivity index (χ0n) is 12.9. The summed E-state index contributed by atoms with van der Waals surface area (Å²) in [6.07, 6.45) is 8.63. The van der Waals surface area contributed by atoms with E-state index in [1.807, 2.05) is 11.8 Å². The Morgan fingerprint density at radius 3 is 2.90 bits per heavy atom. The molecule has 1 aliphatic heterocycles. The zero-order valence-corrected chi connectivity index (χ0v) is 13.7. The van der Waals surface area contributed by atoms with Crippen LogP contribution in [0.15, 0.2) is 5.16 Å². The summed E-state index contributed by atoms with van der Waals surface area (Å²) in [5, 5.41) is 13.5. The second-order valence-electron chi connectivity index (χ2n) is 5.61. The summed E-state index contributed by atoms with van der Waals surface area (Å²) in [4.78, 5) is 0. The maximum Gasteiger partial charge on any atom is 0.191 e. The van der Waals surface area contributed by atoms with Gasteiger partial charge in [-0.2, -0.15) is 0 Å². The van der Waals surface area contributed by atoms with Crippen molar-refractivity contribution < 1.29 is 0 Å². The van der Waals surface area contributed by atoms with Crippen LogP contribution in [0, 0.1) is 0 Å². The molecule has 114 valence electrons. The Kier molecular flexibility index (Phi) is 6.87. The predicted octanol–water partition coefficient (Wildman–Crippen LogP) is 3.26. The van der Waals surface area contributed by atoms with Crippen LogP contribution in [0.2, 0.25) is 0 Å². The summed E-state index contributed by atoms with van der Waals surface area (Å²) in [7, 11) is 0. The molecular weight excluding hydrogens is 268 g/mol. The number of nitrogens with zero attached hydrogens (tertiary/aromatic N) is 3. The monoisotopic (exact) mass is 296 g/mol. The minimum absolute atomic E-state index is 0.601. The van der Waals surface area contributed by atoms with Crippen molar-refractivity contribution in [2.24, 2.45) is 0 Å². The fraction of sp³-hybridized carbons (Fsp3) is 0.867. The quantitative estimate of drug-likeness (QED) is 0.748. The van der Waals surface area contributed by atoms with Crippen molar-refractivity contribution >= 4 is 11.8 Å². The summed E-state index contributed by atoms with van der Waals surface area (Å²) >= 11 is 1.88. The topological polar surface area (TPSA) is 42.7 Å². The normalized spacial score (nSPS) is 16.7. The Balaban J connectivity index is 1.90. The van der Waals surface area contributed by atoms with Crippen LogP contribution >= 0.6 is 11.8 Å². The van der Waals surface area contributed by atoms with Crippen molar-refractivity contribution in [2.45, 2.75) is 76.5 Å². The third-order valence-electron chi connectivity index (χ3n) is 3.81. The Labute approximate surface area is 127 Å². The van der Waals surface area contributed by atoms with Crippen LogP contribution in [0.25, 0.3) is 0 Å². The molecule has 0 radical (unpaired) electrons. The maximum atomic E-state index is 4.40. The molecule has 0 saturated heterocycles. The van der Waals surface area contributed by atoms with Gasteiger partial charge in [0, 0.05) is 24.8 Å². The van der Waals surface area contributed by atoms with E-state index in [1.165, 1.54) is 44.3 Å². The number of fused-ring (bicyclic) bond motifs is 1. The lowest BCUT2D eigenvalue weighted by atomic mass is 10.2. The molecule has 0 spiro atoms. The smallest absolute Gasteiger partial charge is 0.191 e. The average molecular weight is 296 g/mol. The van der Waals surface area contributed by atoms with Crippen molar-refractivity contribution in [3.8, 4) is 0 Å². The van der Waals surface area contributed by atoms with Gasteiger partial charge in [-0.1, -0.05) is 38.5 Å². The van der Waals surface area contributed by atoms with Gasteiger partial charge in [0.25, 0.3) is 0 Å². The molecule has 0 bridgehead atoms. The van der Waals surface area contributed by atoms with Crippen LogP contribution in [-0.4, -0.2) is 33.1 Å². The Bertz CT molecular complexity index is 391. The molecule has 0 aliphatic carbocycles. The fourth-order valence-electron chi connectivity index (χ4n) is 2.68. The lowest BCUT2D eigenvalue weighted by Gasteiger charge is -2.17. The Morgan fingerprint density at radius 2 is 2.10 bits per heavy atom. The third-order valence-corrected chi connectivity index (χ3v) is 4.94. The van der Waals surface area contributed by atoms with Crippen LogP contribution < -0.4 is 5.32 Å². The van der Waals surface area contributed by atoms with Crippen LogP contribution in [0.4, 0.5) is 0 Å². The van der Waals surface area contributed by atoms with Gasteiger partial charge in [-0.25, -0.2) is 0 Å². The van der Waals surface area contributed by atoms with Crippen molar-refractivity contribution in [1.29, 1.82) is 0 Å². The van der Waals surface area contributed by atoms with Crippen LogP contribution in [0.3, 0.4) is 0 Å². The summed E-state index contributed by atoms with van der Waals surface area (Å²) in [6, 6.07) is 0.601. The number of nitrogens with one attached hydrogen (secondary N) is 1. The van der Waals surface area contributed by atoms with Gasteiger partial charge in [0.15, 0.2) is 5.16 Å². The van der Waals surface area contributed by atoms with Gasteiger partial charge >= 0.3 is 0 Å². The highest BCUT2D eigenvalue weighted by Gasteiger charge is 2.16. The first-order valence-electron chi connectivity index (χ1n) is 8.13. The third kappa shape index (κ3) is 4.48. The molecule has 1 unspecified atom stereocenters. The first-order chi connectivity index (χ1) is 9.85. The lowest BCUT2D eigenvalue weighted by molar-refractivity contribution is 0.513. The molecule has 0 fully saturated rings. The molecule has 1 N–H and O–H groups in total. The van der Waals surface area contributed by atoms with Crippen molar-refractivity contribution in [1.82, 2.24) is 20.1 Å². The van der Waals surface area contributed by atoms with Crippen LogP contribution in [0.1, 0.15) is 58.2 Å². The summed E-state index contributed by atoms with van der Waals surface area (Å²) in [6.45, 7) is 6.70. The molecule has 4 nitrogen and oxygen atoms in total. The number of aromatic nitrogens is 3. The molecule has 0 amide bonds. The van der Waals surface area contributed by atoms with Gasteiger partial charge < -0.3 is 9.88 Å². The van der Waals surface area contributed by atoms with E-state index in [9.17, 15) is 0 Å². The number of hydrogen-bond donors (Lipinski definition) is 1. The molecule has 2 heterocycles. The number of rotatable bonds is 8. The average Bonchev–Trinajstić information content (AvgIpc) is 2.69. The molecule has 0 aromatic carbocycles. The Hall–Kier alpha value is -0.550. The standard InChI is InChI=1S/C15H28N4S/c1-3-8-13(16-10-4-2)12-20-15-18-17-14-9-6-5-7-11-19(14)15/h13,16H,3-12H2,1-2H3. The van der Waals surface area contributed by atoms with E-state index in [4.69, 9.17) is 0 Å². The molecule has 1 atom stereocenters. The van der Waals surface area contributed by atoms with Gasteiger partial charge in [0.1, 0.15) is 5.82 Å². The lowest BCUT2D eigenvalue weighted by Crippen LogP contribution is -2.31. The molecule has 2 rings (SSSR count). The fourth-order valence-corrected chi connectivity index (χ4v) is 3.77. The second-order valence-corrected chi connectivity index (χ2v) is 6.60. The van der Waals surface area contributed by atoms with E-state index < -0.39 is 0 Å². The van der Waals surface area contributed by atoms with E-state index in [0.717, 1.165) is 30.4 Å². The van der Waals surface area contributed by atoms with Gasteiger partial charge in [-0.15, -0.1) is 10.2 Å². The molecule has 0 saturated carbocycles. The summed E-state index contributed by atoms with van der Waals surface area (Å²) in [5.74, 6) is 2.30. The van der Waals surface area contributed by atoms with E-state index in [2.05, 4.69) is 33.9 Å². The van der Waals surface area contributed by atoms with Crippen molar-refractivity contribution in [3.05, 3.63) is 5.82 Å². The molecule has 1 aromatic rings. The highest BCUT2D eigenvalue weighted by molar-refractivity contribution is 7.99. The number of aryl methyl sites for hydroxylation is 1. The van der Waals surface area contributed by atoms with E-state index in [-0.39, 0.29) is 0 Å². The van der Waals surface area contributed by atoms with Crippen molar-refractivity contribution in [2.75, 3.05) is 12.3 Å². The SMILES string of the molecule is CCCNC(CCC)CSc1nnc2n1CCCCC2. The maximum absolute atomic E-state index is 4.40. The van der Waals surface area contributed by atoms with Gasteiger partial charge in [-0.3, -0.25) is 0 Å². The highest BCUT2D eigenvalue weighted by atomic mass is 32.2. The summed E-state index contributed by atoms with van der Waals surface area (Å²) in [5.41, 5.74) is 0. The van der Waals surface area contributed by atoms with E-state index in [0.29, 0.717) is 6.04 Å². The molecule has 1 aliphatic rings. The van der Waals surface area contributed by atoms with E-state index >= 15 is 0 Å². The first kappa shape index (κ1) is 15.8. The minimum atomic E-state index is 0.601. The van der Waals surface area contributed by atoms with Crippen LogP contribution in [-0.2, 0) is 13.0 Å². The molecular formula is C15H28N4S. The number of thioether (sulfide) groups is 1.